The normalized spacial score (nSPS) is 14.9. The van der Waals surface area contributed by atoms with Crippen LogP contribution in [0.4, 0.5) is 0 Å². The van der Waals surface area contributed by atoms with Crippen molar-refractivity contribution in [3.63, 3.8) is 0 Å². The number of benzene rings is 7. The Bertz CT molecular complexity index is 3070. The van der Waals surface area contributed by atoms with Crippen molar-refractivity contribution in [3.8, 4) is 11.1 Å². The lowest BCUT2D eigenvalue weighted by Crippen LogP contribution is -2.33. The first-order chi connectivity index (χ1) is 25.2. The van der Waals surface area contributed by atoms with Crippen LogP contribution in [-0.2, 0) is 0 Å². The van der Waals surface area contributed by atoms with Crippen molar-refractivity contribution in [2.75, 3.05) is 0 Å². The summed E-state index contributed by atoms with van der Waals surface area (Å²) in [7, 11) is 0. The number of fused-ring (bicyclic) bond motifs is 9. The molecule has 4 heterocycles. The van der Waals surface area contributed by atoms with Gasteiger partial charge in [-0.05, 0) is 59.7 Å². The van der Waals surface area contributed by atoms with Crippen molar-refractivity contribution in [2.45, 2.75) is 6.17 Å². The zero-order chi connectivity index (χ0) is 33.5. The molecule has 1 unspecified atom stereocenters. The first kappa shape index (κ1) is 28.3. The second-order valence-electron chi connectivity index (χ2n) is 13.0. The zero-order valence-corrected chi connectivity index (χ0v) is 27.9. The largest absolute Gasteiger partial charge is 0.456 e. The number of aliphatic imine (C=N–C) groups is 2. The van der Waals surface area contributed by atoms with Gasteiger partial charge in [-0.3, -0.25) is 0 Å². The predicted octanol–water partition coefficient (Wildman–Crippen LogP) is 12.0. The highest BCUT2D eigenvalue weighted by molar-refractivity contribution is 7.25. The summed E-state index contributed by atoms with van der Waals surface area (Å²) in [6.07, 6.45) is -0.325. The van der Waals surface area contributed by atoms with E-state index in [0.29, 0.717) is 5.84 Å². The number of nitrogens with one attached hydrogen (secondary N) is 1. The van der Waals surface area contributed by atoms with E-state index in [9.17, 15) is 0 Å². The maximum absolute atomic E-state index is 6.88. The molecule has 6 heteroatoms. The van der Waals surface area contributed by atoms with Crippen molar-refractivity contribution in [1.29, 1.82) is 0 Å². The van der Waals surface area contributed by atoms with Gasteiger partial charge in [0.2, 0.25) is 0 Å². The fraction of sp³-hybridized carbons (Fsp3) is 0.0222. The molecule has 0 bridgehead atoms. The number of furan rings is 2. The topological polar surface area (TPSA) is 63.0 Å². The summed E-state index contributed by atoms with van der Waals surface area (Å²) in [6.45, 7) is 0. The van der Waals surface area contributed by atoms with Crippen LogP contribution in [0.15, 0.2) is 170 Å². The number of thiophene rings is 1. The van der Waals surface area contributed by atoms with E-state index in [4.69, 9.17) is 18.8 Å². The average Bonchev–Trinajstić information content (AvgIpc) is 3.88. The van der Waals surface area contributed by atoms with Gasteiger partial charge >= 0.3 is 0 Å². The molecule has 1 atom stereocenters. The van der Waals surface area contributed by atoms with Crippen LogP contribution in [0, 0.1) is 0 Å². The number of rotatable bonds is 4. The molecule has 240 valence electrons. The van der Waals surface area contributed by atoms with Crippen LogP contribution in [0.1, 0.15) is 22.9 Å². The van der Waals surface area contributed by atoms with Gasteiger partial charge in [0.1, 0.15) is 34.3 Å². The second kappa shape index (κ2) is 11.0. The minimum Gasteiger partial charge on any atom is -0.456 e. The molecule has 5 nitrogen and oxygen atoms in total. The fourth-order valence-corrected chi connectivity index (χ4v) is 8.60. The summed E-state index contributed by atoms with van der Waals surface area (Å²) >= 11 is 1.81. The summed E-state index contributed by atoms with van der Waals surface area (Å²) in [5, 5.41) is 10.4. The van der Waals surface area contributed by atoms with Crippen molar-refractivity contribution >= 4 is 87.1 Å². The Labute approximate surface area is 295 Å². The van der Waals surface area contributed by atoms with E-state index in [0.717, 1.165) is 77.5 Å². The molecular weight excluding hydrogens is 647 g/mol. The van der Waals surface area contributed by atoms with Crippen LogP contribution in [-0.4, -0.2) is 11.7 Å². The van der Waals surface area contributed by atoms with Crippen molar-refractivity contribution in [3.05, 3.63) is 168 Å². The molecule has 10 aromatic rings. The number of nitrogens with zero attached hydrogens (tertiary/aromatic N) is 2. The van der Waals surface area contributed by atoms with Gasteiger partial charge in [0.25, 0.3) is 0 Å². The maximum Gasteiger partial charge on any atom is 0.159 e. The Kier molecular flexibility index (Phi) is 6.12. The number of hydrogen-bond acceptors (Lipinski definition) is 6. The summed E-state index contributed by atoms with van der Waals surface area (Å²) in [6, 6.07) is 52.7. The summed E-state index contributed by atoms with van der Waals surface area (Å²) in [5.74, 6) is 1.40. The molecule has 1 aliphatic heterocycles. The highest BCUT2D eigenvalue weighted by Crippen LogP contribution is 2.40. The smallest absolute Gasteiger partial charge is 0.159 e. The lowest BCUT2D eigenvalue weighted by molar-refractivity contribution is 0.660. The molecule has 0 spiro atoms. The molecule has 0 amide bonds. The van der Waals surface area contributed by atoms with Crippen LogP contribution >= 0.6 is 11.3 Å². The first-order valence-electron chi connectivity index (χ1n) is 17.0. The van der Waals surface area contributed by atoms with Crippen molar-refractivity contribution in [1.82, 2.24) is 5.32 Å². The summed E-state index contributed by atoms with van der Waals surface area (Å²) < 4.78 is 15.7. The van der Waals surface area contributed by atoms with Crippen LogP contribution in [0.3, 0.4) is 0 Å². The van der Waals surface area contributed by atoms with Gasteiger partial charge in [-0.1, -0.05) is 103 Å². The molecule has 1 N–H and O–H groups in total. The standard InChI is InChI=1S/C45H27N3O2S/c1-2-10-26(11-3-1)43-46-44(28-21-23-40-36(24-28)32-13-5-7-19-39(32)51-40)48-45(47-43)35-17-9-16-34-33-15-8-14-29(41(33)50-42(34)35)27-20-22-31-30-12-4-6-18-37(30)49-38(31)25-27/h1-25,43H,(H,46,47,48). The predicted molar refractivity (Wildman–Crippen MR) is 211 cm³/mol. The lowest BCUT2D eigenvalue weighted by Gasteiger charge is -2.23. The average molecular weight is 674 g/mol. The minimum absolute atomic E-state index is 0.325. The van der Waals surface area contributed by atoms with Gasteiger partial charge in [-0.2, -0.15) is 0 Å². The van der Waals surface area contributed by atoms with Crippen molar-refractivity contribution < 1.29 is 8.83 Å². The Balaban J connectivity index is 1.07. The highest BCUT2D eigenvalue weighted by Gasteiger charge is 2.25. The SMILES string of the molecule is c1ccc(C2N=C(c3ccc4sc5ccccc5c4c3)N=C(c3cccc4c3oc3c(-c5ccc6c(c5)oc5ccccc56)cccc34)N2)cc1. The van der Waals surface area contributed by atoms with E-state index in [1.165, 1.54) is 20.2 Å². The van der Waals surface area contributed by atoms with Gasteiger partial charge in [0, 0.05) is 52.8 Å². The number of para-hydroxylation sites is 3. The van der Waals surface area contributed by atoms with Gasteiger partial charge in [-0.15, -0.1) is 11.3 Å². The summed E-state index contributed by atoms with van der Waals surface area (Å²) in [5.41, 5.74) is 8.33. The monoisotopic (exact) mass is 673 g/mol. The van der Waals surface area contributed by atoms with E-state index >= 15 is 0 Å². The molecule has 0 saturated carbocycles. The molecule has 0 radical (unpaired) electrons. The zero-order valence-electron chi connectivity index (χ0n) is 27.1. The minimum atomic E-state index is -0.325. The third-order valence-electron chi connectivity index (χ3n) is 9.96. The molecular formula is C45H27N3O2S. The third kappa shape index (κ3) is 4.47. The molecule has 7 aromatic carbocycles. The van der Waals surface area contributed by atoms with E-state index in [2.05, 4.69) is 121 Å². The van der Waals surface area contributed by atoms with Crippen LogP contribution in [0.2, 0.25) is 0 Å². The molecule has 0 saturated heterocycles. The molecule has 0 aliphatic carbocycles. The van der Waals surface area contributed by atoms with Gasteiger partial charge < -0.3 is 14.2 Å². The molecule has 1 aliphatic rings. The fourth-order valence-electron chi connectivity index (χ4n) is 7.51. The Hall–Kier alpha value is -6.50. The Morgan fingerprint density at radius 1 is 0.490 bits per heavy atom. The van der Waals surface area contributed by atoms with Crippen LogP contribution in [0.25, 0.3) is 75.2 Å². The highest BCUT2D eigenvalue weighted by atomic mass is 32.1. The first-order valence-corrected chi connectivity index (χ1v) is 17.8. The van der Waals surface area contributed by atoms with E-state index in [1.807, 2.05) is 47.7 Å². The number of amidine groups is 2. The molecule has 11 rings (SSSR count). The molecule has 0 fully saturated rings. The molecule has 51 heavy (non-hydrogen) atoms. The van der Waals surface area contributed by atoms with Crippen LogP contribution < -0.4 is 5.32 Å². The summed E-state index contributed by atoms with van der Waals surface area (Å²) in [4.78, 5) is 10.4. The van der Waals surface area contributed by atoms with E-state index in [-0.39, 0.29) is 6.17 Å². The Morgan fingerprint density at radius 3 is 2.06 bits per heavy atom. The number of hydrogen-bond donors (Lipinski definition) is 1. The van der Waals surface area contributed by atoms with E-state index in [1.54, 1.807) is 0 Å². The van der Waals surface area contributed by atoms with Gasteiger partial charge in [0.15, 0.2) is 5.84 Å². The van der Waals surface area contributed by atoms with Gasteiger partial charge in [0.05, 0.1) is 5.56 Å². The quantitative estimate of drug-likeness (QED) is 0.202. The maximum atomic E-state index is 6.88. The second-order valence-corrected chi connectivity index (χ2v) is 14.0. The molecule has 3 aromatic heterocycles. The van der Waals surface area contributed by atoms with Crippen molar-refractivity contribution in [2.24, 2.45) is 9.98 Å². The third-order valence-corrected chi connectivity index (χ3v) is 11.1. The van der Waals surface area contributed by atoms with E-state index < -0.39 is 0 Å². The van der Waals surface area contributed by atoms with Crippen LogP contribution in [0.5, 0.6) is 0 Å². The van der Waals surface area contributed by atoms with Gasteiger partial charge in [-0.25, -0.2) is 9.98 Å². The Morgan fingerprint density at radius 2 is 1.18 bits per heavy atom. The lowest BCUT2D eigenvalue weighted by atomic mass is 10.0.